The van der Waals surface area contributed by atoms with Gasteiger partial charge in [0, 0.05) is 28.2 Å². The molecule has 4 aromatic carbocycles. The number of nitrogens with zero attached hydrogens (tertiary/aromatic N) is 3. The standard InChI is InChI=1S/C32H25ClN4OS/c1-20-16-17-21(2)28(18-20)37-31(24-13-6-8-14-26(24)33)35-36-32(37)39-30(22-10-4-3-5-11-22)29(38)25-19-34-27-15-9-7-12-23(25)27/h3-19,30,34H,1-2H3/t30-/m0/s1. The number of aryl methyl sites for hydroxylation is 2. The van der Waals surface area contributed by atoms with Crippen molar-refractivity contribution in [2.75, 3.05) is 0 Å². The Kier molecular flexibility index (Phi) is 6.81. The Morgan fingerprint density at radius 3 is 2.46 bits per heavy atom. The third-order valence-corrected chi connectivity index (χ3v) is 8.30. The van der Waals surface area contributed by atoms with Gasteiger partial charge in [-0.2, -0.15) is 0 Å². The van der Waals surface area contributed by atoms with Gasteiger partial charge in [0.1, 0.15) is 5.25 Å². The first-order valence-corrected chi connectivity index (χ1v) is 13.9. The predicted molar refractivity (Wildman–Crippen MR) is 159 cm³/mol. The number of para-hydroxylation sites is 1. The molecule has 0 saturated heterocycles. The number of benzene rings is 4. The molecule has 192 valence electrons. The zero-order valence-corrected chi connectivity index (χ0v) is 23.0. The number of H-pyrrole nitrogens is 1. The molecule has 2 heterocycles. The van der Waals surface area contributed by atoms with Crippen molar-refractivity contribution < 1.29 is 4.79 Å². The highest BCUT2D eigenvalue weighted by Crippen LogP contribution is 2.41. The minimum Gasteiger partial charge on any atom is -0.360 e. The minimum absolute atomic E-state index is 0.00143. The highest BCUT2D eigenvalue weighted by Gasteiger charge is 2.29. The first-order chi connectivity index (χ1) is 19.0. The van der Waals surface area contributed by atoms with Crippen LogP contribution in [0, 0.1) is 13.8 Å². The van der Waals surface area contributed by atoms with E-state index in [1.807, 2.05) is 83.4 Å². The molecular weight excluding hydrogens is 524 g/mol. The molecule has 0 aliphatic carbocycles. The largest absolute Gasteiger partial charge is 0.360 e. The number of fused-ring (bicyclic) bond motifs is 1. The second-order valence-corrected chi connectivity index (χ2v) is 10.9. The molecule has 1 atom stereocenters. The van der Waals surface area contributed by atoms with E-state index in [1.54, 1.807) is 6.20 Å². The third kappa shape index (κ3) is 4.78. The van der Waals surface area contributed by atoms with Gasteiger partial charge in [0.25, 0.3) is 0 Å². The molecule has 1 N–H and O–H groups in total. The summed E-state index contributed by atoms with van der Waals surface area (Å²) < 4.78 is 2.02. The number of aromatic amines is 1. The fraction of sp³-hybridized carbons (Fsp3) is 0.0938. The molecule has 2 aromatic heterocycles. The Morgan fingerprint density at radius 1 is 0.897 bits per heavy atom. The van der Waals surface area contributed by atoms with E-state index in [4.69, 9.17) is 11.6 Å². The van der Waals surface area contributed by atoms with Crippen LogP contribution in [0.5, 0.6) is 0 Å². The van der Waals surface area contributed by atoms with Crippen molar-refractivity contribution >= 4 is 40.0 Å². The molecule has 7 heteroatoms. The van der Waals surface area contributed by atoms with Gasteiger partial charge >= 0.3 is 0 Å². The number of carbonyl (C=O) groups is 1. The van der Waals surface area contributed by atoms with E-state index in [9.17, 15) is 4.79 Å². The van der Waals surface area contributed by atoms with Crippen molar-refractivity contribution in [3.63, 3.8) is 0 Å². The van der Waals surface area contributed by atoms with Crippen molar-refractivity contribution in [1.29, 1.82) is 0 Å². The maximum Gasteiger partial charge on any atom is 0.197 e. The summed E-state index contributed by atoms with van der Waals surface area (Å²) in [6.07, 6.45) is 1.80. The molecule has 0 saturated carbocycles. The smallest absolute Gasteiger partial charge is 0.197 e. The van der Waals surface area contributed by atoms with Gasteiger partial charge in [-0.3, -0.25) is 9.36 Å². The SMILES string of the molecule is Cc1ccc(C)c(-n2c(S[C@H](C(=O)c3c[nH]c4ccccc34)c3ccccc3)nnc2-c2ccccc2Cl)c1. The average molecular weight is 549 g/mol. The number of nitrogens with one attached hydrogen (secondary N) is 1. The Morgan fingerprint density at radius 2 is 1.64 bits per heavy atom. The van der Waals surface area contributed by atoms with E-state index in [1.165, 1.54) is 11.8 Å². The van der Waals surface area contributed by atoms with Gasteiger partial charge in [-0.15, -0.1) is 10.2 Å². The van der Waals surface area contributed by atoms with E-state index < -0.39 is 5.25 Å². The zero-order valence-electron chi connectivity index (χ0n) is 21.4. The second kappa shape index (κ2) is 10.6. The molecule has 0 aliphatic heterocycles. The van der Waals surface area contributed by atoms with Gasteiger partial charge < -0.3 is 4.98 Å². The van der Waals surface area contributed by atoms with Crippen LogP contribution in [0.1, 0.15) is 32.3 Å². The van der Waals surface area contributed by atoms with Crippen molar-refractivity contribution in [3.05, 3.63) is 131 Å². The van der Waals surface area contributed by atoms with Gasteiger partial charge in [0.15, 0.2) is 16.8 Å². The maximum atomic E-state index is 14.2. The summed E-state index contributed by atoms with van der Waals surface area (Å²) in [7, 11) is 0. The molecule has 6 aromatic rings. The summed E-state index contributed by atoms with van der Waals surface area (Å²) in [5.41, 5.74) is 6.37. The van der Waals surface area contributed by atoms with E-state index in [-0.39, 0.29) is 5.78 Å². The van der Waals surface area contributed by atoms with Crippen LogP contribution in [0.4, 0.5) is 0 Å². The number of hydrogen-bond acceptors (Lipinski definition) is 4. The number of Topliss-reactive ketones (excluding diaryl/α,β-unsaturated/α-hetero) is 1. The van der Waals surface area contributed by atoms with Crippen LogP contribution >= 0.6 is 23.4 Å². The van der Waals surface area contributed by atoms with E-state index in [2.05, 4.69) is 47.2 Å². The number of carbonyl (C=O) groups excluding carboxylic acids is 1. The molecule has 0 bridgehead atoms. The fourth-order valence-corrected chi connectivity index (χ4v) is 6.10. The maximum absolute atomic E-state index is 14.2. The summed E-state index contributed by atoms with van der Waals surface area (Å²) >= 11 is 8.03. The first kappa shape index (κ1) is 25.2. The van der Waals surface area contributed by atoms with Gasteiger partial charge in [-0.25, -0.2) is 0 Å². The molecule has 0 unspecified atom stereocenters. The third-order valence-electron chi connectivity index (χ3n) is 6.77. The van der Waals surface area contributed by atoms with Crippen molar-refractivity contribution in [2.24, 2.45) is 0 Å². The number of rotatable bonds is 7. The number of hydrogen-bond donors (Lipinski definition) is 1. The van der Waals surface area contributed by atoms with Gasteiger partial charge in [0.2, 0.25) is 0 Å². The first-order valence-electron chi connectivity index (χ1n) is 12.6. The second-order valence-electron chi connectivity index (χ2n) is 9.43. The van der Waals surface area contributed by atoms with Crippen LogP contribution < -0.4 is 0 Å². The van der Waals surface area contributed by atoms with E-state index in [0.29, 0.717) is 21.6 Å². The van der Waals surface area contributed by atoms with Gasteiger partial charge in [-0.05, 0) is 54.8 Å². The van der Waals surface area contributed by atoms with Crippen LogP contribution in [0.2, 0.25) is 5.02 Å². The van der Waals surface area contributed by atoms with Gasteiger partial charge in [0.05, 0.1) is 10.7 Å². The number of halogens is 1. The summed E-state index contributed by atoms with van der Waals surface area (Å²) in [4.78, 5) is 17.4. The molecule has 39 heavy (non-hydrogen) atoms. The highest BCUT2D eigenvalue weighted by molar-refractivity contribution is 8.00. The quantitative estimate of drug-likeness (QED) is 0.161. The van der Waals surface area contributed by atoms with Crippen molar-refractivity contribution in [3.8, 4) is 17.1 Å². The topological polar surface area (TPSA) is 63.6 Å². The number of thioether (sulfide) groups is 1. The summed E-state index contributed by atoms with van der Waals surface area (Å²) in [6, 6.07) is 31.6. The monoisotopic (exact) mass is 548 g/mol. The van der Waals surface area contributed by atoms with E-state index >= 15 is 0 Å². The minimum atomic E-state index is -0.544. The fourth-order valence-electron chi connectivity index (χ4n) is 4.76. The lowest BCUT2D eigenvalue weighted by Crippen LogP contribution is -2.11. The average Bonchev–Trinajstić information content (AvgIpc) is 3.58. The molecular formula is C32H25ClN4OS. The Hall–Kier alpha value is -4.13. The van der Waals surface area contributed by atoms with Crippen molar-refractivity contribution in [2.45, 2.75) is 24.3 Å². The Bertz CT molecular complexity index is 1810. The normalized spacial score (nSPS) is 12.1. The molecule has 0 fully saturated rings. The predicted octanol–water partition coefficient (Wildman–Crippen LogP) is 8.40. The molecule has 0 aliphatic rings. The molecule has 5 nitrogen and oxygen atoms in total. The lowest BCUT2D eigenvalue weighted by atomic mass is 10.0. The van der Waals surface area contributed by atoms with Crippen LogP contribution in [0.25, 0.3) is 28.0 Å². The highest BCUT2D eigenvalue weighted by atomic mass is 35.5. The number of aromatic nitrogens is 4. The molecule has 0 radical (unpaired) electrons. The van der Waals surface area contributed by atoms with E-state index in [0.717, 1.165) is 38.8 Å². The van der Waals surface area contributed by atoms with Crippen molar-refractivity contribution in [1.82, 2.24) is 19.7 Å². The molecule has 0 spiro atoms. The zero-order chi connectivity index (χ0) is 26.9. The molecule has 6 rings (SSSR count). The van der Waals surface area contributed by atoms with Crippen LogP contribution in [-0.4, -0.2) is 25.5 Å². The van der Waals surface area contributed by atoms with Crippen LogP contribution in [-0.2, 0) is 0 Å². The summed E-state index contributed by atoms with van der Waals surface area (Å²) in [5, 5.41) is 10.8. The van der Waals surface area contributed by atoms with Gasteiger partial charge in [-0.1, -0.05) is 96.2 Å². The Labute approximate surface area is 235 Å². The summed E-state index contributed by atoms with van der Waals surface area (Å²) in [6.45, 7) is 4.12. The number of ketones is 1. The lowest BCUT2D eigenvalue weighted by Gasteiger charge is -2.18. The molecule has 0 amide bonds. The summed E-state index contributed by atoms with van der Waals surface area (Å²) in [5.74, 6) is 0.626. The van der Waals surface area contributed by atoms with Crippen LogP contribution in [0.3, 0.4) is 0 Å². The van der Waals surface area contributed by atoms with Crippen LogP contribution in [0.15, 0.2) is 108 Å². The lowest BCUT2D eigenvalue weighted by molar-refractivity contribution is 0.0991. The Balaban J connectivity index is 1.52.